The van der Waals surface area contributed by atoms with Crippen molar-refractivity contribution in [3.63, 3.8) is 0 Å². The Balaban J connectivity index is 1.33. The second kappa shape index (κ2) is 7.95. The molecule has 5 rings (SSSR count). The van der Waals surface area contributed by atoms with Crippen molar-refractivity contribution in [2.45, 2.75) is 49.9 Å². The summed E-state index contributed by atoms with van der Waals surface area (Å²) in [6.45, 7) is 0.501. The Morgan fingerprint density at radius 1 is 1.16 bits per heavy atom. The zero-order valence-electron chi connectivity index (χ0n) is 16.5. The van der Waals surface area contributed by atoms with E-state index in [4.69, 9.17) is 9.47 Å². The number of pyridine rings is 1. The van der Waals surface area contributed by atoms with Crippen molar-refractivity contribution < 1.29 is 22.6 Å². The third-order valence-corrected chi connectivity index (χ3v) is 5.66. The van der Waals surface area contributed by atoms with Gasteiger partial charge in [0.15, 0.2) is 5.65 Å². The zero-order valence-corrected chi connectivity index (χ0v) is 16.5. The van der Waals surface area contributed by atoms with E-state index in [1.54, 1.807) is 0 Å². The summed E-state index contributed by atoms with van der Waals surface area (Å²) in [5.41, 5.74) is -0.193. The van der Waals surface area contributed by atoms with Gasteiger partial charge in [-0.1, -0.05) is 12.5 Å². The van der Waals surface area contributed by atoms with Crippen molar-refractivity contribution in [1.82, 2.24) is 24.6 Å². The lowest BCUT2D eigenvalue weighted by Gasteiger charge is -2.29. The molecule has 0 bridgehead atoms. The van der Waals surface area contributed by atoms with E-state index in [0.29, 0.717) is 0 Å². The Morgan fingerprint density at radius 3 is 2.81 bits per heavy atom. The van der Waals surface area contributed by atoms with Crippen molar-refractivity contribution >= 4 is 11.6 Å². The number of aromatic nitrogens is 5. The Hall–Kier alpha value is -2.95. The highest BCUT2D eigenvalue weighted by atomic mass is 19.4. The molecular weight excluding hydrogens is 413 g/mol. The second-order valence-corrected chi connectivity index (χ2v) is 7.88. The fourth-order valence-corrected chi connectivity index (χ4v) is 4.04. The third-order valence-electron chi connectivity index (χ3n) is 5.66. The van der Waals surface area contributed by atoms with Crippen LogP contribution in [0.5, 0.6) is 5.88 Å². The van der Waals surface area contributed by atoms with Gasteiger partial charge in [-0.15, -0.1) is 10.2 Å². The normalized spacial score (nSPS) is 22.3. The number of nitrogens with one attached hydrogen (secondary N) is 1. The first-order valence-electron chi connectivity index (χ1n) is 10.2. The Labute approximate surface area is 175 Å². The lowest BCUT2D eigenvalue weighted by Crippen LogP contribution is -2.39. The van der Waals surface area contributed by atoms with Gasteiger partial charge in [-0.3, -0.25) is 4.40 Å². The predicted octanol–water partition coefficient (Wildman–Crippen LogP) is 3.45. The van der Waals surface area contributed by atoms with Crippen molar-refractivity contribution in [2.24, 2.45) is 0 Å². The molecule has 1 aliphatic carbocycles. The van der Waals surface area contributed by atoms with Gasteiger partial charge in [0, 0.05) is 24.4 Å². The van der Waals surface area contributed by atoms with E-state index in [9.17, 15) is 13.2 Å². The van der Waals surface area contributed by atoms with Crippen molar-refractivity contribution in [3.05, 3.63) is 42.0 Å². The van der Waals surface area contributed by atoms with E-state index in [1.165, 1.54) is 0 Å². The molecule has 2 fully saturated rings. The lowest BCUT2D eigenvalue weighted by molar-refractivity contribution is -0.142. The maximum absolute atomic E-state index is 13.3. The van der Waals surface area contributed by atoms with Crippen molar-refractivity contribution in [2.75, 3.05) is 18.5 Å². The molecule has 164 valence electrons. The van der Waals surface area contributed by atoms with Crippen LogP contribution >= 0.6 is 0 Å². The van der Waals surface area contributed by atoms with E-state index < -0.39 is 23.7 Å². The molecule has 0 aromatic carbocycles. The fourth-order valence-electron chi connectivity index (χ4n) is 4.04. The standard InChI is InChI=1S/C20H21F3N6O2/c21-20(22,23)15-9-24-19(26-18(15)31-14-10-30-11-14)25-13-5-3-4-12(8-13)17-28-27-16-6-1-2-7-29(16)17/h1-2,6-7,9,12-14H,3-5,8,10-11H2,(H,24,25,26)/t12-,13-/m1/s1. The van der Waals surface area contributed by atoms with Crippen molar-refractivity contribution in [3.8, 4) is 5.88 Å². The molecule has 0 unspecified atom stereocenters. The molecule has 0 amide bonds. The number of anilines is 1. The van der Waals surface area contributed by atoms with Gasteiger partial charge in [0.05, 0.1) is 13.2 Å². The SMILES string of the molecule is FC(F)(F)c1cnc(N[C@@H]2CCC[C@@H](c3nnc4ccccn34)C2)nc1OC1COC1. The highest BCUT2D eigenvalue weighted by Crippen LogP contribution is 2.37. The summed E-state index contributed by atoms with van der Waals surface area (Å²) in [4.78, 5) is 7.94. The average molecular weight is 434 g/mol. The number of nitrogens with zero attached hydrogens (tertiary/aromatic N) is 5. The number of alkyl halides is 3. The number of ether oxygens (including phenoxy) is 2. The van der Waals surface area contributed by atoms with Gasteiger partial charge >= 0.3 is 6.18 Å². The van der Waals surface area contributed by atoms with Crippen LogP contribution < -0.4 is 10.1 Å². The predicted molar refractivity (Wildman–Crippen MR) is 104 cm³/mol. The molecule has 3 aromatic heterocycles. The summed E-state index contributed by atoms with van der Waals surface area (Å²) >= 11 is 0. The van der Waals surface area contributed by atoms with Gasteiger partial charge in [-0.05, 0) is 31.4 Å². The minimum Gasteiger partial charge on any atom is -0.469 e. The summed E-state index contributed by atoms with van der Waals surface area (Å²) in [6.07, 6.45) is 1.24. The number of halogens is 3. The van der Waals surface area contributed by atoms with Crippen LogP contribution in [0, 0.1) is 0 Å². The molecule has 3 aromatic rings. The summed E-state index contributed by atoms with van der Waals surface area (Å²) in [5, 5.41) is 11.8. The summed E-state index contributed by atoms with van der Waals surface area (Å²) in [5.74, 6) is 0.736. The molecule has 1 saturated carbocycles. The molecule has 1 saturated heterocycles. The van der Waals surface area contributed by atoms with Crippen LogP contribution in [0.4, 0.5) is 19.1 Å². The largest absolute Gasteiger partial charge is 0.469 e. The fraction of sp³-hybridized carbons (Fsp3) is 0.500. The Bertz CT molecular complexity index is 1070. The zero-order chi connectivity index (χ0) is 21.4. The topological polar surface area (TPSA) is 86.5 Å². The number of hydrogen-bond donors (Lipinski definition) is 1. The molecule has 1 aliphatic heterocycles. The number of hydrogen-bond acceptors (Lipinski definition) is 7. The third kappa shape index (κ3) is 4.14. The lowest BCUT2D eigenvalue weighted by atomic mass is 9.85. The van der Waals surface area contributed by atoms with Crippen LogP contribution in [0.25, 0.3) is 5.65 Å². The van der Waals surface area contributed by atoms with Crippen LogP contribution in [0.1, 0.15) is 43.0 Å². The summed E-state index contributed by atoms with van der Waals surface area (Å²) in [7, 11) is 0. The monoisotopic (exact) mass is 434 g/mol. The highest BCUT2D eigenvalue weighted by Gasteiger charge is 2.38. The molecule has 31 heavy (non-hydrogen) atoms. The smallest absolute Gasteiger partial charge is 0.423 e. The van der Waals surface area contributed by atoms with Gasteiger partial charge < -0.3 is 14.8 Å². The molecule has 1 N–H and O–H groups in total. The maximum atomic E-state index is 13.3. The quantitative estimate of drug-likeness (QED) is 0.658. The van der Waals surface area contributed by atoms with Gasteiger partial charge in [-0.25, -0.2) is 4.98 Å². The highest BCUT2D eigenvalue weighted by molar-refractivity contribution is 5.38. The molecule has 4 heterocycles. The number of rotatable bonds is 5. The van der Waals surface area contributed by atoms with Gasteiger partial charge in [0.1, 0.15) is 17.5 Å². The molecule has 0 spiro atoms. The van der Waals surface area contributed by atoms with E-state index in [2.05, 4.69) is 25.5 Å². The van der Waals surface area contributed by atoms with Crippen LogP contribution in [-0.4, -0.2) is 49.9 Å². The van der Waals surface area contributed by atoms with Crippen LogP contribution in [0.2, 0.25) is 0 Å². The van der Waals surface area contributed by atoms with Gasteiger partial charge in [0.2, 0.25) is 11.8 Å². The molecule has 2 atom stereocenters. The summed E-state index contributed by atoms with van der Waals surface area (Å²) < 4.78 is 52.3. The Morgan fingerprint density at radius 2 is 2.03 bits per heavy atom. The molecule has 8 nitrogen and oxygen atoms in total. The summed E-state index contributed by atoms with van der Waals surface area (Å²) in [6, 6.07) is 5.76. The van der Waals surface area contributed by atoms with E-state index in [-0.39, 0.29) is 31.1 Å². The maximum Gasteiger partial charge on any atom is 0.423 e. The average Bonchev–Trinajstić information content (AvgIpc) is 3.14. The second-order valence-electron chi connectivity index (χ2n) is 7.88. The first kappa shape index (κ1) is 20.0. The van der Waals surface area contributed by atoms with Gasteiger partial charge in [-0.2, -0.15) is 18.2 Å². The van der Waals surface area contributed by atoms with Crippen LogP contribution in [0.15, 0.2) is 30.6 Å². The van der Waals surface area contributed by atoms with Crippen molar-refractivity contribution in [1.29, 1.82) is 0 Å². The molecular formula is C20H21F3N6O2. The molecule has 11 heteroatoms. The molecule has 0 radical (unpaired) electrons. The first-order chi connectivity index (χ1) is 15.0. The number of fused-ring (bicyclic) bond motifs is 1. The van der Waals surface area contributed by atoms with Crippen LogP contribution in [0.3, 0.4) is 0 Å². The first-order valence-corrected chi connectivity index (χ1v) is 10.2. The molecule has 2 aliphatic rings. The minimum absolute atomic E-state index is 0.00596. The van der Waals surface area contributed by atoms with E-state index in [1.807, 2.05) is 28.8 Å². The van der Waals surface area contributed by atoms with E-state index >= 15 is 0 Å². The Kier molecular flexibility index (Phi) is 5.12. The minimum atomic E-state index is -4.59. The van der Waals surface area contributed by atoms with Gasteiger partial charge in [0.25, 0.3) is 0 Å². The van der Waals surface area contributed by atoms with E-state index in [0.717, 1.165) is 43.4 Å². The van der Waals surface area contributed by atoms with Crippen LogP contribution in [-0.2, 0) is 10.9 Å².